The zero-order valence-electron chi connectivity index (χ0n) is 16.5. The second-order valence-corrected chi connectivity index (χ2v) is 10.7. The van der Waals surface area contributed by atoms with Crippen LogP contribution in [-0.4, -0.2) is 0 Å². The Bertz CT molecular complexity index is 375. The van der Waals surface area contributed by atoms with Crippen molar-refractivity contribution < 1.29 is 0 Å². The third-order valence-electron chi connectivity index (χ3n) is 8.90. The van der Waals surface area contributed by atoms with Crippen molar-refractivity contribution in [2.24, 2.45) is 47.3 Å². The van der Waals surface area contributed by atoms with Gasteiger partial charge in [0.15, 0.2) is 0 Å². The Morgan fingerprint density at radius 1 is 0.542 bits per heavy atom. The highest BCUT2D eigenvalue weighted by atomic mass is 14.5. The molecule has 0 spiro atoms. The first-order valence-corrected chi connectivity index (χ1v) is 11.7. The molecular weight excluding hydrogens is 288 g/mol. The van der Waals surface area contributed by atoms with Crippen LogP contribution in [0.4, 0.5) is 0 Å². The number of rotatable bonds is 4. The van der Waals surface area contributed by atoms with Gasteiger partial charge in [-0.15, -0.1) is 0 Å². The van der Waals surface area contributed by atoms with E-state index in [0.717, 1.165) is 47.3 Å². The molecule has 0 aromatic rings. The third kappa shape index (κ3) is 4.21. The first kappa shape index (κ1) is 17.4. The van der Waals surface area contributed by atoms with Gasteiger partial charge in [-0.1, -0.05) is 52.4 Å². The summed E-state index contributed by atoms with van der Waals surface area (Å²) < 4.78 is 0. The fraction of sp³-hybridized carbons (Fsp3) is 1.00. The van der Waals surface area contributed by atoms with E-state index in [2.05, 4.69) is 13.8 Å². The maximum atomic E-state index is 2.46. The van der Waals surface area contributed by atoms with Crippen LogP contribution in [0.15, 0.2) is 0 Å². The lowest BCUT2D eigenvalue weighted by Crippen LogP contribution is -2.25. The molecule has 2 unspecified atom stereocenters. The molecule has 4 fully saturated rings. The SMILES string of the molecule is CC1CCC(C2CCC(CC3CC3C3CCC(C)CC3)CC2)CC1. The smallest absolute Gasteiger partial charge is 0.0354 e. The first-order chi connectivity index (χ1) is 11.7. The van der Waals surface area contributed by atoms with Crippen molar-refractivity contribution in [2.45, 2.75) is 104 Å². The van der Waals surface area contributed by atoms with Crippen molar-refractivity contribution in [3.63, 3.8) is 0 Å². The normalized spacial score (nSPS) is 49.8. The molecule has 0 radical (unpaired) electrons. The van der Waals surface area contributed by atoms with Crippen molar-refractivity contribution in [1.82, 2.24) is 0 Å². The van der Waals surface area contributed by atoms with E-state index in [1.54, 1.807) is 64.2 Å². The molecular formula is C24H42. The zero-order valence-corrected chi connectivity index (χ0v) is 16.5. The van der Waals surface area contributed by atoms with Gasteiger partial charge in [0.25, 0.3) is 0 Å². The van der Waals surface area contributed by atoms with E-state index in [1.165, 1.54) is 25.7 Å². The van der Waals surface area contributed by atoms with Gasteiger partial charge in [-0.3, -0.25) is 0 Å². The van der Waals surface area contributed by atoms with E-state index in [4.69, 9.17) is 0 Å². The van der Waals surface area contributed by atoms with E-state index >= 15 is 0 Å². The van der Waals surface area contributed by atoms with Crippen LogP contribution in [-0.2, 0) is 0 Å². The highest BCUT2D eigenvalue weighted by molar-refractivity contribution is 4.94. The first-order valence-electron chi connectivity index (χ1n) is 11.7. The maximum Gasteiger partial charge on any atom is -0.0354 e. The lowest BCUT2D eigenvalue weighted by molar-refractivity contribution is 0.144. The summed E-state index contributed by atoms with van der Waals surface area (Å²) in [6.45, 7) is 4.93. The van der Waals surface area contributed by atoms with Crippen molar-refractivity contribution in [3.8, 4) is 0 Å². The third-order valence-corrected chi connectivity index (χ3v) is 8.90. The molecule has 0 nitrogen and oxygen atoms in total. The summed E-state index contributed by atoms with van der Waals surface area (Å²) in [5.74, 6) is 8.83. The fourth-order valence-corrected chi connectivity index (χ4v) is 6.91. The van der Waals surface area contributed by atoms with E-state index in [9.17, 15) is 0 Å². The number of hydrogen-bond acceptors (Lipinski definition) is 0. The lowest BCUT2D eigenvalue weighted by atomic mass is 9.69. The average Bonchev–Trinajstić information content (AvgIpc) is 3.36. The molecule has 0 aliphatic heterocycles. The van der Waals surface area contributed by atoms with E-state index in [-0.39, 0.29) is 0 Å². The lowest BCUT2D eigenvalue weighted by Gasteiger charge is -2.37. The van der Waals surface area contributed by atoms with Gasteiger partial charge in [-0.25, -0.2) is 0 Å². The summed E-state index contributed by atoms with van der Waals surface area (Å²) in [6, 6.07) is 0. The molecule has 0 heteroatoms. The molecule has 0 N–H and O–H groups in total. The quantitative estimate of drug-likeness (QED) is 0.501. The number of hydrogen-bond donors (Lipinski definition) is 0. The Labute approximate surface area is 151 Å². The molecule has 0 amide bonds. The highest BCUT2D eigenvalue weighted by Crippen LogP contribution is 2.54. The van der Waals surface area contributed by atoms with E-state index in [0.29, 0.717) is 0 Å². The van der Waals surface area contributed by atoms with Crippen LogP contribution in [0.1, 0.15) is 104 Å². The molecule has 0 heterocycles. The largest absolute Gasteiger partial charge is 0.0625 e. The molecule has 4 rings (SSSR count). The Kier molecular flexibility index (Phi) is 5.59. The Morgan fingerprint density at radius 3 is 1.54 bits per heavy atom. The van der Waals surface area contributed by atoms with Gasteiger partial charge in [0.2, 0.25) is 0 Å². The van der Waals surface area contributed by atoms with Crippen LogP contribution in [0.5, 0.6) is 0 Å². The summed E-state index contributed by atoms with van der Waals surface area (Å²) in [7, 11) is 0. The van der Waals surface area contributed by atoms with Crippen LogP contribution in [0.2, 0.25) is 0 Å². The predicted molar refractivity (Wildman–Crippen MR) is 104 cm³/mol. The molecule has 24 heavy (non-hydrogen) atoms. The van der Waals surface area contributed by atoms with E-state index in [1.807, 2.05) is 0 Å². The van der Waals surface area contributed by atoms with Crippen LogP contribution >= 0.6 is 0 Å². The molecule has 4 aliphatic rings. The molecule has 0 aromatic heterocycles. The molecule has 0 saturated heterocycles. The minimum absolute atomic E-state index is 1.02. The van der Waals surface area contributed by atoms with E-state index < -0.39 is 0 Å². The van der Waals surface area contributed by atoms with Gasteiger partial charge < -0.3 is 0 Å². The summed E-state index contributed by atoms with van der Waals surface area (Å²) in [5, 5.41) is 0. The predicted octanol–water partition coefficient (Wildman–Crippen LogP) is 7.47. The van der Waals surface area contributed by atoms with Gasteiger partial charge in [-0.2, -0.15) is 0 Å². The second-order valence-electron chi connectivity index (χ2n) is 10.7. The van der Waals surface area contributed by atoms with Crippen molar-refractivity contribution in [1.29, 1.82) is 0 Å². The minimum atomic E-state index is 1.02. The van der Waals surface area contributed by atoms with Gasteiger partial charge in [0, 0.05) is 0 Å². The summed E-state index contributed by atoms with van der Waals surface area (Å²) in [6.07, 6.45) is 21.9. The van der Waals surface area contributed by atoms with Crippen LogP contribution < -0.4 is 0 Å². The van der Waals surface area contributed by atoms with Crippen LogP contribution in [0.25, 0.3) is 0 Å². The molecule has 0 aromatic carbocycles. The zero-order chi connectivity index (χ0) is 16.5. The van der Waals surface area contributed by atoms with Gasteiger partial charge in [0.05, 0.1) is 0 Å². The highest BCUT2D eigenvalue weighted by Gasteiger charge is 2.44. The average molecular weight is 331 g/mol. The van der Waals surface area contributed by atoms with Crippen LogP contribution in [0.3, 0.4) is 0 Å². The Morgan fingerprint density at radius 2 is 1.00 bits per heavy atom. The molecule has 0 bridgehead atoms. The molecule has 138 valence electrons. The summed E-state index contributed by atoms with van der Waals surface area (Å²) in [5.41, 5.74) is 0. The summed E-state index contributed by atoms with van der Waals surface area (Å²) >= 11 is 0. The molecule has 2 atom stereocenters. The Balaban J connectivity index is 1.15. The molecule has 4 aliphatic carbocycles. The van der Waals surface area contributed by atoms with Crippen molar-refractivity contribution in [2.75, 3.05) is 0 Å². The second kappa shape index (κ2) is 7.71. The minimum Gasteiger partial charge on any atom is -0.0625 e. The van der Waals surface area contributed by atoms with Crippen LogP contribution in [0, 0.1) is 47.3 Å². The maximum absolute atomic E-state index is 2.46. The Hall–Kier alpha value is 0. The van der Waals surface area contributed by atoms with Gasteiger partial charge in [0.1, 0.15) is 0 Å². The summed E-state index contributed by atoms with van der Waals surface area (Å²) in [4.78, 5) is 0. The monoisotopic (exact) mass is 330 g/mol. The van der Waals surface area contributed by atoms with Gasteiger partial charge >= 0.3 is 0 Å². The fourth-order valence-electron chi connectivity index (χ4n) is 6.91. The van der Waals surface area contributed by atoms with Crippen molar-refractivity contribution in [3.05, 3.63) is 0 Å². The topological polar surface area (TPSA) is 0 Å². The van der Waals surface area contributed by atoms with Crippen molar-refractivity contribution >= 4 is 0 Å². The molecule has 4 saturated carbocycles. The standard InChI is InChI=1S/C24H42/c1-17-3-9-20(10-4-17)21-13-7-19(8-14-21)15-23-16-24(23)22-11-5-18(2)6-12-22/h17-24H,3-16H2,1-2H3. The van der Waals surface area contributed by atoms with Gasteiger partial charge in [-0.05, 0) is 98.7 Å².